The van der Waals surface area contributed by atoms with Gasteiger partial charge < -0.3 is 16.8 Å². The predicted octanol–water partition coefficient (Wildman–Crippen LogP) is 4.38. The maximum atomic E-state index is 12.7. The molecule has 0 aliphatic carbocycles. The number of hydrogen-bond acceptors (Lipinski definition) is 3. The fourth-order valence-electron chi connectivity index (χ4n) is 1.61. The summed E-state index contributed by atoms with van der Waals surface area (Å²) in [5.74, 6) is 0. The van der Waals surface area contributed by atoms with Gasteiger partial charge in [0.15, 0.2) is 0 Å². The van der Waals surface area contributed by atoms with E-state index in [-0.39, 0.29) is 0 Å². The second-order valence-corrected chi connectivity index (χ2v) is 5.02. The third-order valence-electron chi connectivity index (χ3n) is 2.66. The van der Waals surface area contributed by atoms with Gasteiger partial charge in [0, 0.05) is 10.2 Å². The lowest BCUT2D eigenvalue weighted by atomic mass is 10.2. The second-order valence-electron chi connectivity index (χ2n) is 4.16. The molecule has 7 heteroatoms. The Bertz CT molecular complexity index is 641. The van der Waals surface area contributed by atoms with Crippen LogP contribution in [-0.4, -0.2) is 0 Å². The Hall–Kier alpha value is -1.89. The van der Waals surface area contributed by atoms with E-state index in [9.17, 15) is 13.2 Å². The molecule has 106 valence electrons. The van der Waals surface area contributed by atoms with E-state index in [1.54, 1.807) is 18.2 Å². The van der Waals surface area contributed by atoms with Crippen LogP contribution < -0.4 is 16.8 Å². The van der Waals surface area contributed by atoms with Gasteiger partial charge in [0.25, 0.3) is 0 Å². The van der Waals surface area contributed by atoms with Crippen LogP contribution in [0.5, 0.6) is 0 Å². The fraction of sp³-hybridized carbons (Fsp3) is 0.0769. The molecule has 0 spiro atoms. The number of rotatable bonds is 2. The maximum absolute atomic E-state index is 12.7. The Morgan fingerprint density at radius 3 is 2.25 bits per heavy atom. The van der Waals surface area contributed by atoms with E-state index in [4.69, 9.17) is 11.5 Å². The predicted molar refractivity (Wildman–Crippen MR) is 77.7 cm³/mol. The minimum Gasteiger partial charge on any atom is -0.397 e. The Morgan fingerprint density at radius 2 is 1.65 bits per heavy atom. The highest BCUT2D eigenvalue weighted by atomic mass is 79.9. The number of nitrogen functional groups attached to an aromatic ring is 2. The Kier molecular flexibility index (Phi) is 3.80. The van der Waals surface area contributed by atoms with Crippen molar-refractivity contribution in [2.24, 2.45) is 0 Å². The molecule has 0 saturated heterocycles. The summed E-state index contributed by atoms with van der Waals surface area (Å²) < 4.78 is 38.5. The van der Waals surface area contributed by atoms with Gasteiger partial charge in [-0.1, -0.05) is 0 Å². The van der Waals surface area contributed by atoms with Crippen molar-refractivity contribution in [3.05, 3.63) is 46.4 Å². The van der Waals surface area contributed by atoms with Crippen LogP contribution in [-0.2, 0) is 6.18 Å². The molecule has 3 nitrogen and oxygen atoms in total. The van der Waals surface area contributed by atoms with Crippen molar-refractivity contribution in [2.75, 3.05) is 16.8 Å². The molecule has 0 aromatic heterocycles. The molecule has 2 rings (SSSR count). The normalized spacial score (nSPS) is 11.4. The van der Waals surface area contributed by atoms with Crippen LogP contribution in [0.2, 0.25) is 0 Å². The molecule has 0 saturated carbocycles. The molecular formula is C13H11BrF3N3. The molecule has 20 heavy (non-hydrogen) atoms. The summed E-state index contributed by atoms with van der Waals surface area (Å²) in [5, 5.41) is 2.87. The van der Waals surface area contributed by atoms with Gasteiger partial charge >= 0.3 is 6.18 Å². The van der Waals surface area contributed by atoms with Crippen LogP contribution >= 0.6 is 15.9 Å². The number of anilines is 4. The van der Waals surface area contributed by atoms with Crippen LogP contribution in [0.25, 0.3) is 0 Å². The van der Waals surface area contributed by atoms with Crippen molar-refractivity contribution in [1.29, 1.82) is 0 Å². The lowest BCUT2D eigenvalue weighted by Crippen LogP contribution is -2.05. The number of benzene rings is 2. The monoisotopic (exact) mass is 345 g/mol. The molecular weight excluding hydrogens is 335 g/mol. The van der Waals surface area contributed by atoms with Crippen LogP contribution in [0.15, 0.2) is 40.9 Å². The molecule has 0 fully saturated rings. The van der Waals surface area contributed by atoms with E-state index < -0.39 is 11.7 Å². The fourth-order valence-corrected chi connectivity index (χ4v) is 1.95. The summed E-state index contributed by atoms with van der Waals surface area (Å²) in [6, 6.07) is 8.15. The first kappa shape index (κ1) is 14.5. The average molecular weight is 346 g/mol. The number of alkyl halides is 3. The molecule has 0 bridgehead atoms. The molecule has 5 N–H and O–H groups in total. The molecule has 0 amide bonds. The van der Waals surface area contributed by atoms with Crippen LogP contribution in [0.3, 0.4) is 0 Å². The third-order valence-corrected chi connectivity index (χ3v) is 3.35. The molecule has 0 aliphatic heterocycles. The van der Waals surface area contributed by atoms with E-state index in [2.05, 4.69) is 21.2 Å². The lowest BCUT2D eigenvalue weighted by molar-refractivity contribution is -0.137. The van der Waals surface area contributed by atoms with Gasteiger partial charge in [0.05, 0.1) is 22.6 Å². The van der Waals surface area contributed by atoms with Gasteiger partial charge in [-0.15, -0.1) is 0 Å². The highest BCUT2D eigenvalue weighted by Crippen LogP contribution is 2.35. The number of hydrogen-bond donors (Lipinski definition) is 3. The summed E-state index contributed by atoms with van der Waals surface area (Å²) in [6.07, 6.45) is -4.39. The zero-order chi connectivity index (χ0) is 14.9. The van der Waals surface area contributed by atoms with Crippen LogP contribution in [0.1, 0.15) is 5.56 Å². The molecule has 2 aromatic carbocycles. The third kappa shape index (κ3) is 3.16. The van der Waals surface area contributed by atoms with Crippen LogP contribution in [0, 0.1) is 0 Å². The number of nitrogens with two attached hydrogens (primary N) is 2. The zero-order valence-electron chi connectivity index (χ0n) is 10.1. The average Bonchev–Trinajstić information content (AvgIpc) is 2.35. The van der Waals surface area contributed by atoms with E-state index in [0.717, 1.165) is 12.1 Å². The Balaban J connectivity index is 2.35. The summed E-state index contributed by atoms with van der Waals surface area (Å²) in [7, 11) is 0. The molecule has 0 unspecified atom stereocenters. The second kappa shape index (κ2) is 5.24. The van der Waals surface area contributed by atoms with E-state index >= 15 is 0 Å². The standard InChI is InChI=1S/C13H11BrF3N3/c14-9-3-1-7(13(15,16)17)5-12(9)20-8-2-4-10(18)11(19)6-8/h1-6,20H,18-19H2. The van der Waals surface area contributed by atoms with Crippen molar-refractivity contribution < 1.29 is 13.2 Å². The first-order valence-electron chi connectivity index (χ1n) is 5.56. The summed E-state index contributed by atoms with van der Waals surface area (Å²) >= 11 is 3.20. The minimum absolute atomic E-state index is 0.295. The summed E-state index contributed by atoms with van der Waals surface area (Å²) in [4.78, 5) is 0. The van der Waals surface area contributed by atoms with Gasteiger partial charge in [-0.05, 0) is 52.3 Å². The van der Waals surface area contributed by atoms with Crippen molar-refractivity contribution >= 4 is 38.7 Å². The van der Waals surface area contributed by atoms with Crippen molar-refractivity contribution in [1.82, 2.24) is 0 Å². The van der Waals surface area contributed by atoms with Crippen molar-refractivity contribution in [2.45, 2.75) is 6.18 Å². The van der Waals surface area contributed by atoms with Crippen LogP contribution in [0.4, 0.5) is 35.9 Å². The molecule has 0 aliphatic rings. The zero-order valence-corrected chi connectivity index (χ0v) is 11.7. The van der Waals surface area contributed by atoms with E-state index in [1.807, 2.05) is 0 Å². The Morgan fingerprint density at radius 1 is 0.950 bits per heavy atom. The van der Waals surface area contributed by atoms with E-state index in [1.165, 1.54) is 6.07 Å². The molecule has 2 aromatic rings. The first-order chi connectivity index (χ1) is 9.27. The molecule has 0 atom stereocenters. The highest BCUT2D eigenvalue weighted by Gasteiger charge is 2.30. The SMILES string of the molecule is Nc1ccc(Nc2cc(C(F)(F)F)ccc2Br)cc1N. The molecule has 0 heterocycles. The Labute approximate surface area is 121 Å². The number of halogens is 4. The molecule has 0 radical (unpaired) electrons. The van der Waals surface area contributed by atoms with Crippen molar-refractivity contribution in [3.8, 4) is 0 Å². The minimum atomic E-state index is -4.39. The first-order valence-corrected chi connectivity index (χ1v) is 6.35. The lowest BCUT2D eigenvalue weighted by Gasteiger charge is -2.13. The maximum Gasteiger partial charge on any atom is 0.416 e. The van der Waals surface area contributed by atoms with Gasteiger partial charge in [0.1, 0.15) is 0 Å². The smallest absolute Gasteiger partial charge is 0.397 e. The topological polar surface area (TPSA) is 64.1 Å². The van der Waals surface area contributed by atoms with E-state index in [0.29, 0.717) is 27.2 Å². The van der Waals surface area contributed by atoms with Gasteiger partial charge in [-0.3, -0.25) is 0 Å². The van der Waals surface area contributed by atoms with Gasteiger partial charge in [0.2, 0.25) is 0 Å². The summed E-state index contributed by atoms with van der Waals surface area (Å²) in [6.45, 7) is 0. The number of nitrogens with one attached hydrogen (secondary N) is 1. The largest absolute Gasteiger partial charge is 0.416 e. The highest BCUT2D eigenvalue weighted by molar-refractivity contribution is 9.10. The quantitative estimate of drug-likeness (QED) is 0.708. The summed E-state index contributed by atoms with van der Waals surface area (Å²) in [5.41, 5.74) is 12.1. The van der Waals surface area contributed by atoms with Gasteiger partial charge in [-0.25, -0.2) is 0 Å². The van der Waals surface area contributed by atoms with Gasteiger partial charge in [-0.2, -0.15) is 13.2 Å². The van der Waals surface area contributed by atoms with Crippen molar-refractivity contribution in [3.63, 3.8) is 0 Å².